The number of carbonyl (C=O) groups is 1. The molecule has 0 bridgehead atoms. The average Bonchev–Trinajstić information content (AvgIpc) is 3.25. The summed E-state index contributed by atoms with van der Waals surface area (Å²) < 4.78 is 48.5. The van der Waals surface area contributed by atoms with Crippen molar-refractivity contribution in [3.05, 3.63) is 69.9 Å². The van der Waals surface area contributed by atoms with Gasteiger partial charge in [0.1, 0.15) is 0 Å². The van der Waals surface area contributed by atoms with E-state index in [4.69, 9.17) is 9.73 Å². The van der Waals surface area contributed by atoms with Crippen molar-refractivity contribution >= 4 is 46.8 Å². The van der Waals surface area contributed by atoms with Crippen LogP contribution in [0.25, 0.3) is 0 Å². The number of fused-ring (bicyclic) bond motifs is 1. The monoisotopic (exact) mass is 666 g/mol. The van der Waals surface area contributed by atoms with E-state index in [1.807, 2.05) is 18.2 Å². The second kappa shape index (κ2) is 12.5. The Morgan fingerprint density at radius 2 is 1.90 bits per heavy atom. The molecule has 3 aromatic rings. The zero-order valence-electron chi connectivity index (χ0n) is 21.9. The number of piperazine rings is 1. The Balaban J connectivity index is 1.28. The zero-order valence-corrected chi connectivity index (χ0v) is 24.1. The summed E-state index contributed by atoms with van der Waals surface area (Å²) in [5.74, 6) is 1.35. The standard InChI is InChI=1S/C28H30F3IN6O2/c1-2-9-32-23-7-6-21(16-24(23)36-27(32)35-20-5-3-4-19(15-20)28(29,30)31)40-22-8-10-34-25(17-22)37-26(39)18-38-13-11-33-12-14-38/h3-8,10,15-17,33H,2,9,11-14,18H2,1H3,(H,35,36)(H,34,37,39). The number of rotatable bonds is 8. The van der Waals surface area contributed by atoms with E-state index in [0.717, 1.165) is 62.3 Å². The van der Waals surface area contributed by atoms with Crippen LogP contribution in [0.5, 0.6) is 11.5 Å². The fraction of sp³-hybridized carbons (Fsp3) is 0.321. The number of aliphatic imine (C=N–C) groups is 1. The van der Waals surface area contributed by atoms with Crippen LogP contribution in [0, 0.1) is 3.57 Å². The van der Waals surface area contributed by atoms with E-state index in [0.29, 0.717) is 29.5 Å². The summed E-state index contributed by atoms with van der Waals surface area (Å²) in [5.41, 5.74) is 0.445. The van der Waals surface area contributed by atoms with Crippen molar-refractivity contribution in [2.45, 2.75) is 19.5 Å². The molecule has 40 heavy (non-hydrogen) atoms. The molecular formula is C28H30F3IN6O2. The Labute approximate surface area is 237 Å². The number of nitrogens with zero attached hydrogens (tertiary/aromatic N) is 3. The van der Waals surface area contributed by atoms with Crippen molar-refractivity contribution in [1.29, 1.82) is 0 Å². The Kier molecular flexibility index (Phi) is 8.86. The van der Waals surface area contributed by atoms with E-state index in [9.17, 15) is 18.0 Å². The van der Waals surface area contributed by atoms with E-state index in [-0.39, 0.29) is 5.91 Å². The van der Waals surface area contributed by atoms with E-state index >= 15 is 0 Å². The first-order chi connectivity index (χ1) is 19.3. The summed E-state index contributed by atoms with van der Waals surface area (Å²) in [7, 11) is 0. The van der Waals surface area contributed by atoms with Gasteiger partial charge in [-0.2, -0.15) is 0 Å². The first-order valence-corrected chi connectivity index (χ1v) is 16.7. The van der Waals surface area contributed by atoms with Crippen molar-refractivity contribution in [2.24, 2.45) is 4.99 Å². The second-order valence-electron chi connectivity index (χ2n) is 9.32. The van der Waals surface area contributed by atoms with E-state index in [1.165, 1.54) is 6.07 Å². The van der Waals surface area contributed by atoms with Gasteiger partial charge in [0.05, 0.1) is 0 Å². The number of anilines is 2. The van der Waals surface area contributed by atoms with Gasteiger partial charge in [0.25, 0.3) is 0 Å². The third-order valence-corrected chi connectivity index (χ3v) is 12.4. The number of amides is 1. The van der Waals surface area contributed by atoms with E-state index in [2.05, 4.69) is 32.8 Å². The molecule has 0 atom stereocenters. The van der Waals surface area contributed by atoms with E-state index < -0.39 is 31.6 Å². The molecule has 212 valence electrons. The maximum absolute atomic E-state index is 13.2. The molecule has 12 heteroatoms. The number of alkyl halides is 4. The third-order valence-electron chi connectivity index (χ3n) is 6.22. The summed E-state index contributed by atoms with van der Waals surface area (Å²) in [4.78, 5) is 23.6. The Bertz CT molecular complexity index is 1390. The first-order valence-electron chi connectivity index (χ1n) is 13.0. The van der Waals surface area contributed by atoms with Gasteiger partial charge in [-0.25, -0.2) is 0 Å². The molecule has 1 amide bonds. The van der Waals surface area contributed by atoms with Gasteiger partial charge in [-0.3, -0.25) is 0 Å². The number of aromatic nitrogens is 1. The summed E-state index contributed by atoms with van der Waals surface area (Å²) in [6, 6.07) is 14.3. The van der Waals surface area contributed by atoms with Gasteiger partial charge in [-0.1, -0.05) is 0 Å². The molecule has 3 heterocycles. The molecule has 5 rings (SSSR count). The Morgan fingerprint density at radius 3 is 2.67 bits per heavy atom. The van der Waals surface area contributed by atoms with Crippen LogP contribution in [0.1, 0.15) is 18.9 Å². The number of ether oxygens (including phenoxy) is 1. The van der Waals surface area contributed by atoms with Gasteiger partial charge in [0.15, 0.2) is 0 Å². The third kappa shape index (κ3) is 7.09. The summed E-state index contributed by atoms with van der Waals surface area (Å²) >= 11 is -1.94. The molecule has 0 aliphatic carbocycles. The van der Waals surface area contributed by atoms with Crippen molar-refractivity contribution in [3.8, 4) is 11.5 Å². The minimum absolute atomic E-state index is 0.133. The van der Waals surface area contributed by atoms with Crippen LogP contribution in [-0.2, 0) is 11.0 Å². The molecule has 1 aromatic heterocycles. The number of hydrogen-bond donors (Lipinski definition) is 3. The predicted octanol–water partition coefficient (Wildman–Crippen LogP) is 5.94. The quantitative estimate of drug-likeness (QED) is 0.157. The van der Waals surface area contributed by atoms with Crippen LogP contribution in [0.15, 0.2) is 65.8 Å². The molecule has 1 fully saturated rings. The molecule has 0 spiro atoms. The summed E-state index contributed by atoms with van der Waals surface area (Å²) in [5, 5.41) is 9.28. The molecular weight excluding hydrogens is 636 g/mol. The van der Waals surface area contributed by atoms with Crippen molar-refractivity contribution < 1.29 is 22.7 Å². The number of nitrogens with one attached hydrogen (secondary N) is 3. The number of carbonyl (C=O) groups excluding carboxylic acids is 1. The SMILES string of the molecule is CCCI1C(Nc2cccc(C(F)(F)F)c2)=Nc2cc(Oc3ccnc(NC(=O)CN4CCNCC4)c3)ccc21. The first kappa shape index (κ1) is 28.3. The van der Waals surface area contributed by atoms with Gasteiger partial charge >= 0.3 is 207 Å². The van der Waals surface area contributed by atoms with Crippen LogP contribution in [0.2, 0.25) is 0 Å². The Hall–Kier alpha value is -3.23. The Morgan fingerprint density at radius 1 is 1.10 bits per heavy atom. The van der Waals surface area contributed by atoms with Gasteiger partial charge < -0.3 is 5.32 Å². The molecule has 2 aliphatic heterocycles. The minimum atomic E-state index is -4.41. The fourth-order valence-electron chi connectivity index (χ4n) is 4.38. The van der Waals surface area contributed by atoms with Crippen molar-refractivity contribution in [3.63, 3.8) is 0 Å². The number of hydrogen-bond acceptors (Lipinski definition) is 7. The van der Waals surface area contributed by atoms with Gasteiger partial charge in [-0.15, -0.1) is 0 Å². The fourth-order valence-corrected chi connectivity index (χ4v) is 9.85. The van der Waals surface area contributed by atoms with Crippen LogP contribution in [0.4, 0.5) is 30.4 Å². The van der Waals surface area contributed by atoms with Crippen LogP contribution in [-0.4, -0.2) is 56.8 Å². The normalized spacial score (nSPS) is 16.3. The number of pyridine rings is 1. The zero-order chi connectivity index (χ0) is 28.1. The molecule has 2 aromatic carbocycles. The number of amidine groups is 1. The average molecular weight is 666 g/mol. The molecule has 0 unspecified atom stereocenters. The van der Waals surface area contributed by atoms with Crippen LogP contribution < -0.4 is 20.7 Å². The molecule has 3 N–H and O–H groups in total. The molecule has 0 saturated carbocycles. The van der Waals surface area contributed by atoms with Gasteiger partial charge in [-0.05, 0) is 0 Å². The van der Waals surface area contributed by atoms with Gasteiger partial charge in [0.2, 0.25) is 0 Å². The summed E-state index contributed by atoms with van der Waals surface area (Å²) in [6.07, 6.45) is -1.89. The van der Waals surface area contributed by atoms with Gasteiger partial charge in [0, 0.05) is 26.2 Å². The van der Waals surface area contributed by atoms with E-state index in [1.54, 1.807) is 24.4 Å². The van der Waals surface area contributed by atoms with Crippen LogP contribution >= 0.6 is 19.8 Å². The topological polar surface area (TPSA) is 90.9 Å². The second-order valence-corrected chi connectivity index (χ2v) is 14.7. The van der Waals surface area contributed by atoms with Crippen molar-refractivity contribution in [2.75, 3.05) is 47.8 Å². The number of benzene rings is 2. The number of halogens is 4. The molecule has 8 nitrogen and oxygen atoms in total. The molecule has 2 aliphatic rings. The molecule has 1 saturated heterocycles. The summed E-state index contributed by atoms with van der Waals surface area (Å²) in [6.45, 7) is 5.78. The maximum atomic E-state index is 13.2. The van der Waals surface area contributed by atoms with Crippen molar-refractivity contribution in [1.82, 2.24) is 15.2 Å². The molecule has 0 radical (unpaired) electrons. The predicted molar refractivity (Wildman–Crippen MR) is 159 cm³/mol. The van der Waals surface area contributed by atoms with Crippen LogP contribution in [0.3, 0.4) is 0 Å².